The molecule has 0 amide bonds. The minimum atomic E-state index is -0.583. The van der Waals surface area contributed by atoms with Crippen LogP contribution in [0.25, 0.3) is 0 Å². The highest BCUT2D eigenvalue weighted by Crippen LogP contribution is 2.87. The lowest BCUT2D eigenvalue weighted by Crippen LogP contribution is -2.47. The van der Waals surface area contributed by atoms with Crippen LogP contribution in [0.5, 0.6) is 0 Å². The first-order chi connectivity index (χ1) is 7.00. The predicted octanol–water partition coefficient (Wildman–Crippen LogP) is 1.00. The third-order valence-electron chi connectivity index (χ3n) is 6.79. The lowest BCUT2D eigenvalue weighted by Gasteiger charge is -2.38. The summed E-state index contributed by atoms with van der Waals surface area (Å²) in [6.07, 6.45) is 1.28. The minimum Gasteiger partial charge on any atom is -0.389 e. The van der Waals surface area contributed by atoms with E-state index in [0.717, 1.165) is 5.92 Å². The van der Waals surface area contributed by atoms with Crippen molar-refractivity contribution in [2.45, 2.75) is 29.4 Å². The first-order valence-corrected chi connectivity index (χ1v) is 7.01. The highest BCUT2D eigenvalue weighted by atomic mass is 79.9. The summed E-state index contributed by atoms with van der Waals surface area (Å²) in [7, 11) is 0. The summed E-state index contributed by atoms with van der Waals surface area (Å²) in [5, 5.41) is 21.6. The van der Waals surface area contributed by atoms with Crippen molar-refractivity contribution in [3.8, 4) is 0 Å². The van der Waals surface area contributed by atoms with Crippen molar-refractivity contribution >= 4 is 15.9 Å². The number of rotatable bonds is 0. The van der Waals surface area contributed by atoms with Crippen LogP contribution >= 0.6 is 15.9 Å². The Morgan fingerprint density at radius 2 is 1.80 bits per heavy atom. The summed E-state index contributed by atoms with van der Waals surface area (Å²) in [5.74, 6) is 3.70. The number of alkyl halides is 1. The fourth-order valence-corrected chi connectivity index (χ4v) is 8.39. The van der Waals surface area contributed by atoms with Crippen molar-refractivity contribution in [3.05, 3.63) is 0 Å². The molecule has 0 saturated heterocycles. The molecule has 3 heteroatoms. The minimum absolute atomic E-state index is 0.165. The molecule has 2 nitrogen and oxygen atoms in total. The predicted molar refractivity (Wildman–Crippen MR) is 57.3 cm³/mol. The maximum absolute atomic E-state index is 10.9. The zero-order chi connectivity index (χ0) is 10.3. The fourth-order valence-electron chi connectivity index (χ4n) is 7.06. The van der Waals surface area contributed by atoms with Gasteiger partial charge in [0.15, 0.2) is 0 Å². The molecule has 6 rings (SSSR count). The Kier molecular flexibility index (Phi) is 1.05. The van der Waals surface area contributed by atoms with Crippen LogP contribution < -0.4 is 0 Å². The van der Waals surface area contributed by atoms with Crippen LogP contribution in [0.2, 0.25) is 0 Å². The molecular formula is C12H15BrO2. The van der Waals surface area contributed by atoms with Crippen molar-refractivity contribution in [2.75, 3.05) is 0 Å². The standard InChI is InChI=1S/C12H15BrO2/c1-11(14)7-3-2-4-6-5(3)9(11)12(15,8(4)7)10(6)13/h3-10,14-15H,2H2,1H3/t3-,4-,5+,6-,7-,8+,9+,10-,11-,12+/m0/s1. The molecule has 2 N–H and O–H groups in total. The Balaban J connectivity index is 1.88. The van der Waals surface area contributed by atoms with E-state index in [1.807, 2.05) is 6.92 Å². The van der Waals surface area contributed by atoms with Gasteiger partial charge in [-0.1, -0.05) is 15.9 Å². The smallest absolute Gasteiger partial charge is 0.0867 e. The lowest BCUT2D eigenvalue weighted by atomic mass is 9.69. The molecule has 10 atom stereocenters. The first kappa shape index (κ1) is 8.48. The number of aliphatic hydroxyl groups is 2. The van der Waals surface area contributed by atoms with E-state index in [1.165, 1.54) is 6.42 Å². The summed E-state index contributed by atoms with van der Waals surface area (Å²) in [5.41, 5.74) is -1.15. The summed E-state index contributed by atoms with van der Waals surface area (Å²) in [4.78, 5) is 0.263. The quantitative estimate of drug-likeness (QED) is 0.645. The highest BCUT2D eigenvalue weighted by molar-refractivity contribution is 9.09. The van der Waals surface area contributed by atoms with Gasteiger partial charge in [-0.05, 0) is 48.9 Å². The molecule has 6 aliphatic carbocycles. The average Bonchev–Trinajstić information content (AvgIpc) is 2.81. The van der Waals surface area contributed by atoms with Gasteiger partial charge in [0.2, 0.25) is 0 Å². The Morgan fingerprint density at radius 1 is 1.13 bits per heavy atom. The van der Waals surface area contributed by atoms with E-state index in [0.29, 0.717) is 29.6 Å². The normalized spacial score (nSPS) is 85.6. The Labute approximate surface area is 97.2 Å². The van der Waals surface area contributed by atoms with Gasteiger partial charge in [-0.2, -0.15) is 0 Å². The molecule has 0 radical (unpaired) electrons. The van der Waals surface area contributed by atoms with Crippen LogP contribution in [0, 0.1) is 41.4 Å². The lowest BCUT2D eigenvalue weighted by molar-refractivity contribution is -0.0700. The van der Waals surface area contributed by atoms with Crippen molar-refractivity contribution in [3.63, 3.8) is 0 Å². The summed E-state index contributed by atoms with van der Waals surface area (Å²) >= 11 is 3.73. The zero-order valence-electron chi connectivity index (χ0n) is 8.60. The van der Waals surface area contributed by atoms with Crippen LogP contribution in [-0.4, -0.2) is 26.2 Å². The molecule has 6 bridgehead atoms. The molecular weight excluding hydrogens is 256 g/mol. The molecule has 0 aromatic carbocycles. The van der Waals surface area contributed by atoms with Gasteiger partial charge >= 0.3 is 0 Å². The van der Waals surface area contributed by atoms with Gasteiger partial charge in [-0.15, -0.1) is 0 Å². The van der Waals surface area contributed by atoms with Gasteiger partial charge in [0.05, 0.1) is 11.2 Å². The van der Waals surface area contributed by atoms with Crippen LogP contribution in [0.3, 0.4) is 0 Å². The molecule has 6 aliphatic rings. The first-order valence-electron chi connectivity index (χ1n) is 6.09. The van der Waals surface area contributed by atoms with Crippen LogP contribution in [0.1, 0.15) is 13.3 Å². The molecule has 0 aliphatic heterocycles. The van der Waals surface area contributed by atoms with E-state index in [9.17, 15) is 10.2 Å². The van der Waals surface area contributed by atoms with Crippen molar-refractivity contribution in [1.82, 2.24) is 0 Å². The summed E-state index contributed by atoms with van der Waals surface area (Å²) in [6, 6.07) is 0. The largest absolute Gasteiger partial charge is 0.389 e. The van der Waals surface area contributed by atoms with Crippen LogP contribution in [0.15, 0.2) is 0 Å². The van der Waals surface area contributed by atoms with Crippen molar-refractivity contribution in [1.29, 1.82) is 0 Å². The maximum Gasteiger partial charge on any atom is 0.0867 e. The molecule has 0 aromatic rings. The van der Waals surface area contributed by atoms with Gasteiger partial charge in [0.25, 0.3) is 0 Å². The highest BCUT2D eigenvalue weighted by Gasteiger charge is 2.91. The third kappa shape index (κ3) is 0.502. The van der Waals surface area contributed by atoms with Gasteiger partial charge in [-0.25, -0.2) is 0 Å². The molecule has 0 heterocycles. The monoisotopic (exact) mass is 270 g/mol. The van der Waals surface area contributed by atoms with E-state index in [1.54, 1.807) is 0 Å². The SMILES string of the molecule is C[C@]1(O)[C@H]2[C@H]3C[C@H]4[C@H]5[C@@H]3[C@H]1[C@](O)([C@H]42)[C@H]5Br. The van der Waals surface area contributed by atoms with E-state index < -0.39 is 11.2 Å². The van der Waals surface area contributed by atoms with E-state index in [-0.39, 0.29) is 10.7 Å². The van der Waals surface area contributed by atoms with Crippen molar-refractivity contribution in [2.24, 2.45) is 41.4 Å². The molecule has 15 heavy (non-hydrogen) atoms. The average molecular weight is 271 g/mol. The Morgan fingerprint density at radius 3 is 2.47 bits per heavy atom. The number of hydrogen-bond acceptors (Lipinski definition) is 2. The van der Waals surface area contributed by atoms with Gasteiger partial charge in [0.1, 0.15) is 0 Å². The molecule has 0 aromatic heterocycles. The fraction of sp³-hybridized carbons (Fsp3) is 1.00. The van der Waals surface area contributed by atoms with E-state index >= 15 is 0 Å². The topological polar surface area (TPSA) is 40.5 Å². The van der Waals surface area contributed by atoms with Crippen LogP contribution in [-0.2, 0) is 0 Å². The Hall–Kier alpha value is 0.400. The third-order valence-corrected chi connectivity index (χ3v) is 8.13. The molecule has 0 unspecified atom stereocenters. The van der Waals surface area contributed by atoms with Crippen LogP contribution in [0.4, 0.5) is 0 Å². The maximum atomic E-state index is 10.9. The second-order valence-corrected chi connectivity index (χ2v) is 7.75. The van der Waals surface area contributed by atoms with Gasteiger partial charge in [0, 0.05) is 10.7 Å². The molecule has 0 spiro atoms. The second kappa shape index (κ2) is 1.85. The summed E-state index contributed by atoms with van der Waals surface area (Å²) in [6.45, 7) is 1.98. The molecule has 6 saturated carbocycles. The number of hydrogen-bond donors (Lipinski definition) is 2. The van der Waals surface area contributed by atoms with Gasteiger partial charge in [-0.3, -0.25) is 0 Å². The number of halogens is 1. The van der Waals surface area contributed by atoms with E-state index in [2.05, 4.69) is 15.9 Å². The van der Waals surface area contributed by atoms with E-state index in [4.69, 9.17) is 0 Å². The van der Waals surface area contributed by atoms with Gasteiger partial charge < -0.3 is 10.2 Å². The van der Waals surface area contributed by atoms with Crippen molar-refractivity contribution < 1.29 is 10.2 Å². The molecule has 82 valence electrons. The summed E-state index contributed by atoms with van der Waals surface area (Å²) < 4.78 is 0. The second-order valence-electron chi connectivity index (χ2n) is 6.76. The zero-order valence-corrected chi connectivity index (χ0v) is 10.2. The molecule has 6 fully saturated rings. The Bertz CT molecular complexity index is 393.